The lowest BCUT2D eigenvalue weighted by atomic mass is 9.99. The van der Waals surface area contributed by atoms with Crippen molar-refractivity contribution in [3.63, 3.8) is 0 Å². The number of nitrogens with two attached hydrogens (primary N) is 1. The van der Waals surface area contributed by atoms with Crippen LogP contribution in [0.5, 0.6) is 5.75 Å². The number of phenols is 1. The predicted molar refractivity (Wildman–Crippen MR) is 306 cm³/mol. The highest BCUT2D eigenvalue weighted by Crippen LogP contribution is 2.15. The lowest BCUT2D eigenvalue weighted by molar-refractivity contribution is -0.143. The van der Waals surface area contributed by atoms with Gasteiger partial charge in [0.1, 0.15) is 60.1 Å². The van der Waals surface area contributed by atoms with E-state index in [2.05, 4.69) is 60.5 Å². The Labute approximate surface area is 487 Å². The van der Waals surface area contributed by atoms with Gasteiger partial charge >= 0.3 is 11.9 Å². The number of thiol groups is 1. The summed E-state index contributed by atoms with van der Waals surface area (Å²) in [6, 6.07) is 2.71. The van der Waals surface area contributed by atoms with Crippen LogP contribution < -0.4 is 58.9 Å². The highest BCUT2D eigenvalue weighted by atomic mass is 32.1. The van der Waals surface area contributed by atoms with Gasteiger partial charge in [-0.25, -0.2) is 9.59 Å². The van der Waals surface area contributed by atoms with E-state index in [0.717, 1.165) is 6.42 Å². The van der Waals surface area contributed by atoms with Gasteiger partial charge in [0.25, 0.3) is 0 Å². The highest BCUT2D eigenvalue weighted by Gasteiger charge is 2.34. The highest BCUT2D eigenvalue weighted by molar-refractivity contribution is 7.80. The fourth-order valence-corrected chi connectivity index (χ4v) is 8.57. The number of unbranched alkanes of at least 4 members (excludes halogenated alkanes) is 3. The molecule has 2 aromatic rings. The Bertz CT molecular complexity index is 2460. The first-order valence-electron chi connectivity index (χ1n) is 27.6. The standard InChI is InChI=1S/C55H83N11O16S/c1-5-7-16-36(59-31-68)48(73)63-39(24-32(3)4)50(75)65-40(25-33-14-10-9-11-15-33)51(76)61-37(17-8-6-2)49(74)64-41(26-34-19-21-35(69)22-20-34)52(77)62-38(54(79)80)18-12-13-23-57-43(29-67)53(78)66-44(30-83)47(72)58-28-46(71)60-42(55(81)82)27-45(56)70/h9-11,14-15,19-22,31-32,36-44,57,67,69,83H,5-8,12-13,16-18,23-30H2,1-4H3,(H2,56,70)(H,58,72)(H,59,68)(H,60,71)(H,61,76)(H,62,77)(H,63,73)(H,64,74)(H,65,75)(H,66,78)(H,79,80)(H,81,82)/t36-,37-,38-,39-,40-,41-,42-,43-,44-/m0/s1. The summed E-state index contributed by atoms with van der Waals surface area (Å²) in [5, 5.41) is 64.7. The molecule has 28 heteroatoms. The third-order valence-electron chi connectivity index (χ3n) is 12.9. The summed E-state index contributed by atoms with van der Waals surface area (Å²) < 4.78 is 0. The first kappa shape index (κ1) is 71.3. The quantitative estimate of drug-likeness (QED) is 0.0201. The molecule has 0 aliphatic rings. The molecule has 0 fully saturated rings. The molecule has 27 nitrogen and oxygen atoms in total. The van der Waals surface area contributed by atoms with Crippen LogP contribution in [-0.4, -0.2) is 172 Å². The molecule has 460 valence electrons. The van der Waals surface area contributed by atoms with Gasteiger partial charge in [-0.05, 0) is 74.2 Å². The number of nitrogens with one attached hydrogen (secondary N) is 10. The van der Waals surface area contributed by atoms with E-state index in [-0.39, 0.29) is 68.9 Å². The Morgan fingerprint density at radius 3 is 1.54 bits per heavy atom. The van der Waals surface area contributed by atoms with E-state index in [9.17, 15) is 78.0 Å². The molecule has 0 unspecified atom stereocenters. The Kier molecular flexibility index (Phi) is 33.3. The number of hydrogen-bond donors (Lipinski definition) is 16. The molecule has 0 aliphatic heterocycles. The van der Waals surface area contributed by atoms with E-state index in [4.69, 9.17) is 5.73 Å². The number of carboxylic acids is 2. The zero-order chi connectivity index (χ0) is 62.0. The Balaban J connectivity index is 2.25. The van der Waals surface area contributed by atoms with E-state index >= 15 is 0 Å². The Hall–Kier alpha value is -7.85. The molecule has 0 aliphatic carbocycles. The van der Waals surface area contributed by atoms with E-state index in [1.807, 2.05) is 33.0 Å². The monoisotopic (exact) mass is 1190 g/mol. The number of phenolic OH excluding ortho intramolecular Hbond substituents is 1. The van der Waals surface area contributed by atoms with Gasteiger partial charge in [0.15, 0.2) is 0 Å². The third kappa shape index (κ3) is 27.7. The number of aliphatic carboxylic acids is 2. The minimum absolute atomic E-state index is 0.0298. The first-order valence-corrected chi connectivity index (χ1v) is 28.2. The molecule has 2 rings (SSSR count). The lowest BCUT2D eigenvalue weighted by Crippen LogP contribution is -2.60. The second-order valence-corrected chi connectivity index (χ2v) is 20.6. The summed E-state index contributed by atoms with van der Waals surface area (Å²) in [5.41, 5.74) is 6.12. The summed E-state index contributed by atoms with van der Waals surface area (Å²) in [5.74, 6) is -10.8. The summed E-state index contributed by atoms with van der Waals surface area (Å²) >= 11 is 4.06. The normalized spacial score (nSPS) is 14.3. The van der Waals surface area contributed by atoms with Crippen molar-refractivity contribution in [1.82, 2.24) is 53.2 Å². The predicted octanol–water partition coefficient (Wildman–Crippen LogP) is -1.68. The van der Waals surface area contributed by atoms with E-state index in [1.54, 1.807) is 30.3 Å². The second kappa shape index (κ2) is 38.8. The first-order chi connectivity index (χ1) is 39.5. The Morgan fingerprint density at radius 2 is 1.02 bits per heavy atom. The number of rotatable bonds is 42. The topological polar surface area (TPSA) is 432 Å². The van der Waals surface area contributed by atoms with Gasteiger partial charge < -0.3 is 79.3 Å². The van der Waals surface area contributed by atoms with Crippen LogP contribution in [0.1, 0.15) is 109 Å². The smallest absolute Gasteiger partial charge is 0.326 e. The number of aliphatic hydroxyl groups is 1. The van der Waals surface area contributed by atoms with Gasteiger partial charge in [0.05, 0.1) is 19.6 Å². The second-order valence-electron chi connectivity index (χ2n) is 20.2. The van der Waals surface area contributed by atoms with Crippen LogP contribution in [0.3, 0.4) is 0 Å². The van der Waals surface area contributed by atoms with Crippen LogP contribution >= 0.6 is 12.6 Å². The van der Waals surface area contributed by atoms with Crippen molar-refractivity contribution in [3.8, 4) is 5.75 Å². The number of carboxylic acid groups (broad SMARTS) is 2. The molecular formula is C55H83N11O16S. The summed E-state index contributed by atoms with van der Waals surface area (Å²) in [6.45, 7) is 6.04. The molecule has 0 bridgehead atoms. The summed E-state index contributed by atoms with van der Waals surface area (Å²) in [4.78, 5) is 155. The third-order valence-corrected chi connectivity index (χ3v) is 13.2. The number of benzene rings is 2. The number of amides is 10. The molecule has 0 heterocycles. The van der Waals surface area contributed by atoms with Crippen molar-refractivity contribution in [2.24, 2.45) is 11.7 Å². The number of aromatic hydroxyl groups is 1. The van der Waals surface area contributed by atoms with Gasteiger partial charge in [-0.1, -0.05) is 95.8 Å². The van der Waals surface area contributed by atoms with Crippen LogP contribution in [0.15, 0.2) is 54.6 Å². The zero-order valence-corrected chi connectivity index (χ0v) is 48.2. The minimum atomic E-state index is -1.64. The van der Waals surface area contributed by atoms with Crippen LogP contribution in [-0.2, 0) is 70.4 Å². The molecule has 0 spiro atoms. The molecule has 0 saturated heterocycles. The van der Waals surface area contributed by atoms with E-state index < -0.39 is 139 Å². The van der Waals surface area contributed by atoms with Crippen molar-refractivity contribution in [2.45, 2.75) is 166 Å². The largest absolute Gasteiger partial charge is 0.508 e. The van der Waals surface area contributed by atoms with Crippen molar-refractivity contribution < 1.29 is 78.0 Å². The number of carbonyl (C=O) groups excluding carboxylic acids is 10. The maximum atomic E-state index is 14.4. The molecule has 83 heavy (non-hydrogen) atoms. The molecule has 2 aromatic carbocycles. The van der Waals surface area contributed by atoms with E-state index in [0.29, 0.717) is 43.2 Å². The molecule has 16 N–H and O–H groups in total. The number of carbonyl (C=O) groups is 12. The van der Waals surface area contributed by atoms with Gasteiger partial charge in [-0.2, -0.15) is 12.6 Å². The summed E-state index contributed by atoms with van der Waals surface area (Å²) in [7, 11) is 0. The van der Waals surface area contributed by atoms with Gasteiger partial charge in [0, 0.05) is 18.6 Å². The number of aliphatic hydroxyl groups excluding tert-OH is 1. The number of primary amides is 1. The summed E-state index contributed by atoms with van der Waals surface area (Å²) in [6.07, 6.45) is 2.66. The average Bonchev–Trinajstić information content (AvgIpc) is 3.43. The molecule has 9 atom stereocenters. The maximum absolute atomic E-state index is 14.4. The SMILES string of the molecule is CCCC[C@H](NC=O)C(=O)N[C@@H](CC(C)C)C(=O)N[C@@H](Cc1ccccc1)C(=O)N[C@@H](CCCC)C(=O)N[C@@H](Cc1ccc(O)cc1)C(=O)N[C@@H](CCCCN[C@@H](CO)C(=O)N[C@@H](CS)C(=O)NCC(=O)N[C@@H](CC(N)=O)C(=O)O)C(=O)O. The molecule has 0 radical (unpaired) electrons. The average molecular weight is 1190 g/mol. The van der Waals surface area contributed by atoms with Crippen molar-refractivity contribution in [2.75, 3.05) is 25.4 Å². The Morgan fingerprint density at radius 1 is 0.554 bits per heavy atom. The lowest BCUT2D eigenvalue weighted by Gasteiger charge is -2.28. The number of hydrogen-bond acceptors (Lipinski definition) is 16. The zero-order valence-electron chi connectivity index (χ0n) is 47.3. The molecule has 10 amide bonds. The van der Waals surface area contributed by atoms with Crippen molar-refractivity contribution >= 4 is 84.1 Å². The van der Waals surface area contributed by atoms with Gasteiger partial charge in [0.2, 0.25) is 59.6 Å². The van der Waals surface area contributed by atoms with Crippen LogP contribution in [0.2, 0.25) is 0 Å². The van der Waals surface area contributed by atoms with Crippen LogP contribution in [0, 0.1) is 5.92 Å². The minimum Gasteiger partial charge on any atom is -0.508 e. The van der Waals surface area contributed by atoms with Crippen molar-refractivity contribution in [1.29, 1.82) is 0 Å². The molecular weight excluding hydrogens is 1100 g/mol. The van der Waals surface area contributed by atoms with Gasteiger partial charge in [-0.15, -0.1) is 0 Å². The van der Waals surface area contributed by atoms with Gasteiger partial charge in [-0.3, -0.25) is 47.9 Å². The van der Waals surface area contributed by atoms with Crippen molar-refractivity contribution in [3.05, 3.63) is 65.7 Å². The maximum Gasteiger partial charge on any atom is 0.326 e. The fourth-order valence-electron chi connectivity index (χ4n) is 8.31. The van der Waals surface area contributed by atoms with Crippen LogP contribution in [0.4, 0.5) is 0 Å². The fraction of sp³-hybridized carbons (Fsp3) is 0.564. The molecule has 0 aromatic heterocycles. The molecule has 0 saturated carbocycles. The van der Waals surface area contributed by atoms with Crippen LogP contribution in [0.25, 0.3) is 0 Å². The van der Waals surface area contributed by atoms with E-state index in [1.165, 1.54) is 24.3 Å².